The fraction of sp³-hybridized carbons (Fsp3) is 0.300. The van der Waals surface area contributed by atoms with Crippen LogP contribution in [-0.4, -0.2) is 29.2 Å². The van der Waals surface area contributed by atoms with Crippen molar-refractivity contribution in [2.24, 2.45) is 5.92 Å². The Morgan fingerprint density at radius 2 is 1.89 bits per heavy atom. The van der Waals surface area contributed by atoms with E-state index in [0.717, 1.165) is 11.1 Å². The van der Waals surface area contributed by atoms with E-state index < -0.39 is 0 Å². The van der Waals surface area contributed by atoms with Gasteiger partial charge in [0, 0.05) is 35.5 Å². The van der Waals surface area contributed by atoms with Crippen LogP contribution in [0.25, 0.3) is 0 Å². The molecule has 0 radical (unpaired) electrons. The zero-order valence-electron chi connectivity index (χ0n) is 22.7. The Morgan fingerprint density at radius 1 is 1.08 bits per heavy atom. The molecule has 2 aromatic rings. The minimum Gasteiger partial charge on any atom is -0.495 e. The molecule has 0 saturated carbocycles. The lowest BCUT2D eigenvalue weighted by Crippen LogP contribution is -2.30. The standard InChI is InChI=1S/C30H35N5O3/c1-19(2)32-28-31-16-15-27(35-28)38-25-14-12-23(20-9-7-8-10-21(25)17-20)33-29(36)34-24-18-22(30(3,4)5)11-13-26(24)37-6/h7-20H,1-6H3,(H,31,32,35)(H2,33,34,36). The molecule has 1 atom stereocenters. The van der Waals surface area contributed by atoms with Crippen LogP contribution >= 0.6 is 0 Å². The van der Waals surface area contributed by atoms with Crippen LogP contribution in [0.1, 0.15) is 40.2 Å². The van der Waals surface area contributed by atoms with Crippen LogP contribution in [0.2, 0.25) is 0 Å². The minimum absolute atomic E-state index is 0.0706. The van der Waals surface area contributed by atoms with Gasteiger partial charge >= 0.3 is 6.03 Å². The van der Waals surface area contributed by atoms with E-state index >= 15 is 0 Å². The number of aromatic nitrogens is 2. The van der Waals surface area contributed by atoms with Gasteiger partial charge in [0.15, 0.2) is 0 Å². The topological polar surface area (TPSA) is 97.4 Å². The summed E-state index contributed by atoms with van der Waals surface area (Å²) in [6, 6.07) is 7.38. The number of methoxy groups -OCH3 is 1. The van der Waals surface area contributed by atoms with Gasteiger partial charge in [-0.2, -0.15) is 4.98 Å². The van der Waals surface area contributed by atoms with Crippen LogP contribution in [0.3, 0.4) is 0 Å². The maximum Gasteiger partial charge on any atom is 0.323 e. The number of benzene rings is 1. The smallest absolute Gasteiger partial charge is 0.323 e. The van der Waals surface area contributed by atoms with E-state index in [2.05, 4.69) is 46.7 Å². The monoisotopic (exact) mass is 513 g/mol. The van der Waals surface area contributed by atoms with Crippen molar-refractivity contribution in [2.75, 3.05) is 17.7 Å². The third-order valence-corrected chi connectivity index (χ3v) is 5.96. The summed E-state index contributed by atoms with van der Waals surface area (Å²) >= 11 is 0. The second kappa shape index (κ2) is 11.4. The van der Waals surface area contributed by atoms with E-state index in [-0.39, 0.29) is 23.4 Å². The molecule has 1 unspecified atom stereocenters. The van der Waals surface area contributed by atoms with Crippen molar-refractivity contribution in [3.63, 3.8) is 0 Å². The molecule has 4 rings (SSSR count). The molecular weight excluding hydrogens is 478 g/mol. The lowest BCUT2D eigenvalue weighted by molar-refractivity contribution is 0.253. The van der Waals surface area contributed by atoms with Gasteiger partial charge < -0.3 is 25.4 Å². The Hall–Kier alpha value is -4.33. The Kier molecular flexibility index (Phi) is 8.00. The Bertz CT molecular complexity index is 1350. The van der Waals surface area contributed by atoms with Gasteiger partial charge in [-0.15, -0.1) is 0 Å². The number of carbonyl (C=O) groups is 1. The van der Waals surface area contributed by atoms with Crippen molar-refractivity contribution in [1.29, 1.82) is 0 Å². The fourth-order valence-corrected chi connectivity index (χ4v) is 3.99. The van der Waals surface area contributed by atoms with Gasteiger partial charge in [0.1, 0.15) is 11.5 Å². The van der Waals surface area contributed by atoms with E-state index in [0.29, 0.717) is 34.7 Å². The molecule has 198 valence electrons. The van der Waals surface area contributed by atoms with Crippen LogP contribution < -0.4 is 25.4 Å². The van der Waals surface area contributed by atoms with Gasteiger partial charge in [-0.25, -0.2) is 9.78 Å². The Labute approximate surface area is 224 Å². The molecule has 8 nitrogen and oxygen atoms in total. The van der Waals surface area contributed by atoms with Crippen molar-refractivity contribution in [3.8, 4) is 11.6 Å². The minimum atomic E-state index is -0.362. The average molecular weight is 514 g/mol. The second-order valence-corrected chi connectivity index (χ2v) is 10.4. The van der Waals surface area contributed by atoms with Crippen LogP contribution in [0.15, 0.2) is 90.0 Å². The molecule has 8 heteroatoms. The van der Waals surface area contributed by atoms with Gasteiger partial charge in [-0.3, -0.25) is 0 Å². The zero-order chi connectivity index (χ0) is 27.3. The summed E-state index contributed by atoms with van der Waals surface area (Å²) in [5.74, 6) is 1.97. The number of hydrogen-bond donors (Lipinski definition) is 3. The molecule has 0 fully saturated rings. The molecule has 0 spiro atoms. The quantitative estimate of drug-likeness (QED) is 0.405. The zero-order valence-corrected chi connectivity index (χ0v) is 22.7. The third-order valence-electron chi connectivity index (χ3n) is 5.96. The van der Waals surface area contributed by atoms with Crippen molar-refractivity contribution in [3.05, 3.63) is 95.6 Å². The van der Waals surface area contributed by atoms with E-state index in [1.54, 1.807) is 19.4 Å². The highest BCUT2D eigenvalue weighted by atomic mass is 16.5. The van der Waals surface area contributed by atoms with E-state index in [9.17, 15) is 4.79 Å². The SMILES string of the molecule is COc1ccc(C(C)(C)C)cc1NC(=O)NC1=CC=C(Oc2ccnc(NC(C)C)n2)C2=CC1C=CC=C2. The van der Waals surface area contributed by atoms with Crippen LogP contribution in [0, 0.1) is 5.92 Å². The first-order valence-electron chi connectivity index (χ1n) is 12.7. The summed E-state index contributed by atoms with van der Waals surface area (Å²) < 4.78 is 11.6. The summed E-state index contributed by atoms with van der Waals surface area (Å²) in [4.78, 5) is 21.8. The molecule has 0 aliphatic heterocycles. The molecular formula is C30H35N5O3. The van der Waals surface area contributed by atoms with Crippen molar-refractivity contribution < 1.29 is 14.3 Å². The molecule has 2 aliphatic rings. The number of allylic oxidation sites excluding steroid dienone is 6. The molecule has 1 aromatic heterocycles. The summed E-state index contributed by atoms with van der Waals surface area (Å²) in [6.45, 7) is 10.4. The Balaban J connectivity index is 1.56. The number of nitrogens with one attached hydrogen (secondary N) is 3. The summed E-state index contributed by atoms with van der Waals surface area (Å²) in [5.41, 5.74) is 3.21. The van der Waals surface area contributed by atoms with Crippen LogP contribution in [-0.2, 0) is 5.41 Å². The number of urea groups is 1. The fourth-order valence-electron chi connectivity index (χ4n) is 3.99. The van der Waals surface area contributed by atoms with E-state index in [1.807, 2.05) is 74.6 Å². The number of amides is 2. The molecule has 0 saturated heterocycles. The van der Waals surface area contributed by atoms with Gasteiger partial charge in [0.2, 0.25) is 11.8 Å². The first kappa shape index (κ1) is 26.7. The molecule has 2 aliphatic carbocycles. The molecule has 1 aromatic carbocycles. The lowest BCUT2D eigenvalue weighted by atomic mass is 9.87. The lowest BCUT2D eigenvalue weighted by Gasteiger charge is -2.21. The highest BCUT2D eigenvalue weighted by molar-refractivity contribution is 5.92. The molecule has 2 bridgehead atoms. The van der Waals surface area contributed by atoms with Gasteiger partial charge in [-0.1, -0.05) is 57.2 Å². The van der Waals surface area contributed by atoms with E-state index in [1.165, 1.54) is 0 Å². The highest BCUT2D eigenvalue weighted by Gasteiger charge is 2.21. The predicted octanol–water partition coefficient (Wildman–Crippen LogP) is 6.25. The first-order chi connectivity index (χ1) is 18.1. The molecule has 1 heterocycles. The van der Waals surface area contributed by atoms with Gasteiger partial charge in [0.25, 0.3) is 0 Å². The summed E-state index contributed by atoms with van der Waals surface area (Å²) in [6.07, 6.45) is 15.3. The van der Waals surface area contributed by atoms with Gasteiger partial charge in [0.05, 0.1) is 12.8 Å². The molecule has 38 heavy (non-hydrogen) atoms. The maximum absolute atomic E-state index is 13.1. The van der Waals surface area contributed by atoms with Gasteiger partial charge in [-0.05, 0) is 49.1 Å². The van der Waals surface area contributed by atoms with Crippen LogP contribution in [0.4, 0.5) is 16.4 Å². The third kappa shape index (κ3) is 6.70. The highest BCUT2D eigenvalue weighted by Crippen LogP contribution is 2.32. The molecule has 3 N–H and O–H groups in total. The van der Waals surface area contributed by atoms with Crippen molar-refractivity contribution >= 4 is 17.7 Å². The number of hydrogen-bond acceptors (Lipinski definition) is 6. The number of rotatable bonds is 7. The normalized spacial score (nSPS) is 16.5. The number of carbonyl (C=O) groups excluding carboxylic acids is 1. The summed E-state index contributed by atoms with van der Waals surface area (Å²) in [7, 11) is 1.59. The van der Waals surface area contributed by atoms with E-state index in [4.69, 9.17) is 9.47 Å². The number of fused-ring (bicyclic) bond motifs is 1. The van der Waals surface area contributed by atoms with Crippen molar-refractivity contribution in [1.82, 2.24) is 15.3 Å². The number of nitrogens with zero attached hydrogens (tertiary/aromatic N) is 2. The molecule has 2 amide bonds. The van der Waals surface area contributed by atoms with Crippen LogP contribution in [0.5, 0.6) is 11.6 Å². The number of anilines is 2. The first-order valence-corrected chi connectivity index (χ1v) is 12.7. The largest absolute Gasteiger partial charge is 0.495 e. The second-order valence-electron chi connectivity index (χ2n) is 10.4. The predicted molar refractivity (Wildman–Crippen MR) is 151 cm³/mol. The maximum atomic E-state index is 13.1. The average Bonchev–Trinajstić information content (AvgIpc) is 3.19. The number of ether oxygens (including phenoxy) is 2. The summed E-state index contributed by atoms with van der Waals surface area (Å²) in [5, 5.41) is 9.14. The Morgan fingerprint density at radius 3 is 2.63 bits per heavy atom. The van der Waals surface area contributed by atoms with Crippen molar-refractivity contribution in [2.45, 2.75) is 46.1 Å².